The zero-order chi connectivity index (χ0) is 15.1. The maximum atomic E-state index is 6.01. The van der Waals surface area contributed by atoms with Crippen molar-refractivity contribution >= 4 is 0 Å². The minimum Gasteiger partial charge on any atom is -0.497 e. The Hall–Kier alpha value is -1.26. The molecule has 21 heavy (non-hydrogen) atoms. The summed E-state index contributed by atoms with van der Waals surface area (Å²) >= 11 is 0. The first-order valence-electron chi connectivity index (χ1n) is 7.90. The third-order valence-electron chi connectivity index (χ3n) is 3.92. The van der Waals surface area contributed by atoms with Gasteiger partial charge in [0.15, 0.2) is 0 Å². The second-order valence-electron chi connectivity index (χ2n) is 5.46. The highest BCUT2D eigenvalue weighted by Gasteiger charge is 2.16. The summed E-state index contributed by atoms with van der Waals surface area (Å²) in [5.74, 6) is 1.73. The summed E-state index contributed by atoms with van der Waals surface area (Å²) in [5.41, 5.74) is 1.17. The van der Waals surface area contributed by atoms with E-state index in [1.165, 1.54) is 12.0 Å². The van der Waals surface area contributed by atoms with E-state index in [4.69, 9.17) is 14.2 Å². The second kappa shape index (κ2) is 8.25. The van der Waals surface area contributed by atoms with Crippen LogP contribution in [0.5, 0.6) is 11.5 Å². The lowest BCUT2D eigenvalue weighted by molar-refractivity contribution is 0.0901. The zero-order valence-corrected chi connectivity index (χ0v) is 13.4. The molecule has 2 rings (SSSR count). The zero-order valence-electron chi connectivity index (χ0n) is 13.4. The fourth-order valence-electron chi connectivity index (χ4n) is 2.71. The standard InChI is InChI=1S/C17H27NO3/c1-4-18-13(2)16-8-7-15(19-3)12-17(16)21-11-9-14-6-5-10-20-14/h7-8,12-14,18H,4-6,9-11H2,1-3H3. The smallest absolute Gasteiger partial charge is 0.127 e. The molecule has 0 aliphatic carbocycles. The molecule has 0 bridgehead atoms. The summed E-state index contributed by atoms with van der Waals surface area (Å²) in [6.07, 6.45) is 3.64. The Bertz CT molecular complexity index is 430. The molecule has 1 aliphatic rings. The van der Waals surface area contributed by atoms with Crippen LogP contribution in [0.4, 0.5) is 0 Å². The Morgan fingerprint density at radius 2 is 2.29 bits per heavy atom. The number of hydrogen-bond donors (Lipinski definition) is 1. The van der Waals surface area contributed by atoms with Gasteiger partial charge in [0.25, 0.3) is 0 Å². The molecular weight excluding hydrogens is 266 g/mol. The maximum absolute atomic E-state index is 6.01. The van der Waals surface area contributed by atoms with Gasteiger partial charge in [-0.05, 0) is 32.4 Å². The van der Waals surface area contributed by atoms with Crippen molar-refractivity contribution < 1.29 is 14.2 Å². The highest BCUT2D eigenvalue weighted by Crippen LogP contribution is 2.30. The van der Waals surface area contributed by atoms with Gasteiger partial charge in [0.2, 0.25) is 0 Å². The molecule has 1 aromatic carbocycles. The van der Waals surface area contributed by atoms with E-state index >= 15 is 0 Å². The molecule has 1 aromatic rings. The van der Waals surface area contributed by atoms with E-state index in [1.807, 2.05) is 12.1 Å². The van der Waals surface area contributed by atoms with Crippen molar-refractivity contribution in [1.29, 1.82) is 0 Å². The molecule has 1 aliphatic heterocycles. The van der Waals surface area contributed by atoms with Crippen molar-refractivity contribution in [2.45, 2.75) is 45.3 Å². The van der Waals surface area contributed by atoms with Gasteiger partial charge in [-0.3, -0.25) is 0 Å². The molecule has 0 saturated carbocycles. The summed E-state index contributed by atoms with van der Waals surface area (Å²) < 4.78 is 16.9. The van der Waals surface area contributed by atoms with Gasteiger partial charge < -0.3 is 19.5 Å². The number of hydrogen-bond acceptors (Lipinski definition) is 4. The molecule has 1 heterocycles. The predicted octanol–water partition coefficient (Wildman–Crippen LogP) is 3.31. The molecule has 1 N–H and O–H groups in total. The van der Waals surface area contributed by atoms with Crippen LogP contribution in [0.1, 0.15) is 44.7 Å². The van der Waals surface area contributed by atoms with Crippen LogP contribution in [0.3, 0.4) is 0 Å². The molecule has 2 atom stereocenters. The van der Waals surface area contributed by atoms with E-state index in [1.54, 1.807) is 7.11 Å². The molecule has 1 fully saturated rings. The average molecular weight is 293 g/mol. The number of ether oxygens (including phenoxy) is 3. The lowest BCUT2D eigenvalue weighted by Crippen LogP contribution is -2.19. The first kappa shape index (κ1) is 16.1. The Balaban J connectivity index is 1.99. The summed E-state index contributed by atoms with van der Waals surface area (Å²) in [6, 6.07) is 6.29. The quantitative estimate of drug-likeness (QED) is 0.798. The molecule has 4 heteroatoms. The lowest BCUT2D eigenvalue weighted by atomic mass is 10.1. The van der Waals surface area contributed by atoms with E-state index in [0.717, 1.165) is 37.5 Å². The highest BCUT2D eigenvalue weighted by molar-refractivity contribution is 5.42. The van der Waals surface area contributed by atoms with Crippen LogP contribution < -0.4 is 14.8 Å². The molecule has 2 unspecified atom stereocenters. The summed E-state index contributed by atoms with van der Waals surface area (Å²) in [4.78, 5) is 0. The third kappa shape index (κ3) is 4.61. The lowest BCUT2D eigenvalue weighted by Gasteiger charge is -2.19. The van der Waals surface area contributed by atoms with Crippen LogP contribution in [0.25, 0.3) is 0 Å². The van der Waals surface area contributed by atoms with Gasteiger partial charge in [-0.15, -0.1) is 0 Å². The second-order valence-corrected chi connectivity index (χ2v) is 5.46. The van der Waals surface area contributed by atoms with Crippen molar-refractivity contribution in [2.75, 3.05) is 26.9 Å². The first-order valence-corrected chi connectivity index (χ1v) is 7.90. The van der Waals surface area contributed by atoms with Gasteiger partial charge in [-0.2, -0.15) is 0 Å². The van der Waals surface area contributed by atoms with Gasteiger partial charge in [0, 0.05) is 30.7 Å². The largest absolute Gasteiger partial charge is 0.497 e. The van der Waals surface area contributed by atoms with Crippen LogP contribution in [0, 0.1) is 0 Å². The van der Waals surface area contributed by atoms with Crippen molar-refractivity contribution in [3.8, 4) is 11.5 Å². The van der Waals surface area contributed by atoms with Crippen LogP contribution in [-0.2, 0) is 4.74 Å². The number of benzene rings is 1. The Morgan fingerprint density at radius 1 is 1.43 bits per heavy atom. The molecule has 0 radical (unpaired) electrons. The molecule has 0 spiro atoms. The third-order valence-corrected chi connectivity index (χ3v) is 3.92. The topological polar surface area (TPSA) is 39.7 Å². The Labute approximate surface area is 127 Å². The fourth-order valence-corrected chi connectivity index (χ4v) is 2.71. The molecule has 0 amide bonds. The van der Waals surface area contributed by atoms with Crippen LogP contribution in [-0.4, -0.2) is 33.0 Å². The van der Waals surface area contributed by atoms with Gasteiger partial charge in [-0.25, -0.2) is 0 Å². The van der Waals surface area contributed by atoms with Gasteiger partial charge >= 0.3 is 0 Å². The highest BCUT2D eigenvalue weighted by atomic mass is 16.5. The van der Waals surface area contributed by atoms with E-state index in [0.29, 0.717) is 12.7 Å². The minimum absolute atomic E-state index is 0.263. The molecule has 1 saturated heterocycles. The van der Waals surface area contributed by atoms with Crippen LogP contribution in [0.15, 0.2) is 18.2 Å². The van der Waals surface area contributed by atoms with E-state index in [9.17, 15) is 0 Å². The number of methoxy groups -OCH3 is 1. The minimum atomic E-state index is 0.263. The van der Waals surface area contributed by atoms with Crippen LogP contribution in [0.2, 0.25) is 0 Å². The molecule has 118 valence electrons. The molecule has 0 aromatic heterocycles. The monoisotopic (exact) mass is 293 g/mol. The van der Waals surface area contributed by atoms with E-state index < -0.39 is 0 Å². The molecular formula is C17H27NO3. The summed E-state index contributed by atoms with van der Waals surface area (Å²) in [5, 5.41) is 3.43. The summed E-state index contributed by atoms with van der Waals surface area (Å²) in [6.45, 7) is 6.77. The van der Waals surface area contributed by atoms with E-state index in [-0.39, 0.29) is 6.04 Å². The Kier molecular flexibility index (Phi) is 6.33. The van der Waals surface area contributed by atoms with Crippen molar-refractivity contribution in [1.82, 2.24) is 5.32 Å². The SMILES string of the molecule is CCNC(C)c1ccc(OC)cc1OCCC1CCCO1. The van der Waals surface area contributed by atoms with Crippen molar-refractivity contribution in [2.24, 2.45) is 0 Å². The van der Waals surface area contributed by atoms with Gasteiger partial charge in [0.05, 0.1) is 19.8 Å². The Morgan fingerprint density at radius 3 is 2.95 bits per heavy atom. The maximum Gasteiger partial charge on any atom is 0.127 e. The van der Waals surface area contributed by atoms with Gasteiger partial charge in [-0.1, -0.05) is 13.0 Å². The van der Waals surface area contributed by atoms with Crippen LogP contribution >= 0.6 is 0 Å². The number of rotatable bonds is 8. The normalized spacial score (nSPS) is 19.5. The summed E-state index contributed by atoms with van der Waals surface area (Å²) in [7, 11) is 1.68. The fraction of sp³-hybridized carbons (Fsp3) is 0.647. The predicted molar refractivity (Wildman–Crippen MR) is 84.2 cm³/mol. The van der Waals surface area contributed by atoms with E-state index in [2.05, 4.69) is 25.2 Å². The van der Waals surface area contributed by atoms with Crippen molar-refractivity contribution in [3.63, 3.8) is 0 Å². The van der Waals surface area contributed by atoms with Crippen molar-refractivity contribution in [3.05, 3.63) is 23.8 Å². The van der Waals surface area contributed by atoms with Gasteiger partial charge in [0.1, 0.15) is 11.5 Å². The first-order chi connectivity index (χ1) is 10.2. The number of nitrogens with one attached hydrogen (secondary N) is 1. The average Bonchev–Trinajstić information content (AvgIpc) is 3.00. The molecule has 4 nitrogen and oxygen atoms in total.